The second-order valence-corrected chi connectivity index (χ2v) is 2.63. The summed E-state index contributed by atoms with van der Waals surface area (Å²) in [4.78, 5) is 0. The van der Waals surface area contributed by atoms with Crippen LogP contribution in [0.1, 0.15) is 6.42 Å². The van der Waals surface area contributed by atoms with Crippen LogP contribution in [-0.4, -0.2) is 25.0 Å². The zero-order valence-electron chi connectivity index (χ0n) is 5.57. The van der Waals surface area contributed by atoms with Crippen molar-refractivity contribution in [3.05, 3.63) is 0 Å². The molecule has 0 aliphatic carbocycles. The van der Waals surface area contributed by atoms with Crippen LogP contribution in [0.4, 0.5) is 13.2 Å². The molecule has 0 aromatic rings. The van der Waals surface area contributed by atoms with Crippen LogP contribution in [0.25, 0.3) is 0 Å². The molecule has 0 bridgehead atoms. The van der Waals surface area contributed by atoms with Crippen LogP contribution in [0, 0.1) is 0 Å². The van der Waals surface area contributed by atoms with Crippen molar-refractivity contribution in [1.82, 2.24) is 0 Å². The van der Waals surface area contributed by atoms with E-state index in [1.807, 2.05) is 6.26 Å². The maximum absolute atomic E-state index is 11.3. The third-order valence-corrected chi connectivity index (χ3v) is 1.46. The summed E-state index contributed by atoms with van der Waals surface area (Å²) in [5, 5.41) is 0. The summed E-state index contributed by atoms with van der Waals surface area (Å²) in [6.45, 7) is -0.232. The molecule has 1 nitrogen and oxygen atoms in total. The van der Waals surface area contributed by atoms with Gasteiger partial charge >= 0.3 is 6.36 Å². The summed E-state index contributed by atoms with van der Waals surface area (Å²) in [7, 11) is 0. The van der Waals surface area contributed by atoms with Crippen molar-refractivity contribution in [2.75, 3.05) is 18.6 Å². The molecule has 0 amide bonds. The Morgan fingerprint density at radius 1 is 1.40 bits per heavy atom. The van der Waals surface area contributed by atoms with E-state index in [0.717, 1.165) is 0 Å². The van der Waals surface area contributed by atoms with E-state index in [9.17, 15) is 13.2 Å². The van der Waals surface area contributed by atoms with Gasteiger partial charge in [-0.2, -0.15) is 11.8 Å². The van der Waals surface area contributed by atoms with E-state index >= 15 is 0 Å². The van der Waals surface area contributed by atoms with Gasteiger partial charge in [-0.25, -0.2) is 0 Å². The first kappa shape index (κ1) is 10.1. The topological polar surface area (TPSA) is 9.23 Å². The second-order valence-electron chi connectivity index (χ2n) is 1.64. The maximum Gasteiger partial charge on any atom is 0.522 e. The molecule has 0 aromatic carbocycles. The van der Waals surface area contributed by atoms with Gasteiger partial charge in [-0.3, -0.25) is 4.74 Å². The second kappa shape index (κ2) is 4.85. The van der Waals surface area contributed by atoms with Crippen LogP contribution in [0.3, 0.4) is 0 Å². The number of hydrogen-bond donors (Lipinski definition) is 0. The highest BCUT2D eigenvalue weighted by molar-refractivity contribution is 7.98. The Balaban J connectivity index is 3.04. The minimum atomic E-state index is -4.46. The summed E-state index contributed by atoms with van der Waals surface area (Å²) >= 11 is 1.50. The normalized spacial score (nSPS) is 12.0. The molecular weight excluding hydrogens is 165 g/mol. The fourth-order valence-electron chi connectivity index (χ4n) is 0.391. The zero-order chi connectivity index (χ0) is 8.04. The number of rotatable bonds is 4. The molecule has 0 unspecified atom stereocenters. The van der Waals surface area contributed by atoms with Gasteiger partial charge in [0.1, 0.15) is 0 Å². The van der Waals surface area contributed by atoms with Crippen molar-refractivity contribution in [3.8, 4) is 0 Å². The van der Waals surface area contributed by atoms with Crippen LogP contribution >= 0.6 is 11.8 Å². The predicted molar refractivity (Wildman–Crippen MR) is 35.0 cm³/mol. The molecule has 0 aliphatic heterocycles. The van der Waals surface area contributed by atoms with Gasteiger partial charge in [-0.05, 0) is 18.4 Å². The van der Waals surface area contributed by atoms with Crippen LogP contribution in [0.15, 0.2) is 0 Å². The van der Waals surface area contributed by atoms with Gasteiger partial charge in [0, 0.05) is 0 Å². The Labute approximate surface area is 61.9 Å². The number of ether oxygens (including phenoxy) is 1. The van der Waals surface area contributed by atoms with Gasteiger partial charge < -0.3 is 0 Å². The summed E-state index contributed by atoms with van der Waals surface area (Å²) in [6.07, 6.45) is -2.17. The van der Waals surface area contributed by atoms with Gasteiger partial charge in [0.25, 0.3) is 0 Å². The Hall–Kier alpha value is 0.100. The van der Waals surface area contributed by atoms with Crippen molar-refractivity contribution >= 4 is 11.8 Å². The standard InChI is InChI=1S/C5H9F3OS/c1-10-4-2-3-9-5(6,7)8/h2-4H2,1H3. The molecule has 0 saturated heterocycles. The molecule has 0 saturated carbocycles. The molecular formula is C5H9F3OS. The monoisotopic (exact) mass is 174 g/mol. The maximum atomic E-state index is 11.3. The van der Waals surface area contributed by atoms with Crippen molar-refractivity contribution in [1.29, 1.82) is 0 Å². The van der Waals surface area contributed by atoms with E-state index in [1.165, 1.54) is 11.8 Å². The predicted octanol–water partition coefficient (Wildman–Crippen LogP) is 2.28. The van der Waals surface area contributed by atoms with E-state index in [4.69, 9.17) is 0 Å². The van der Waals surface area contributed by atoms with Crippen LogP contribution in [0.5, 0.6) is 0 Å². The molecule has 0 fully saturated rings. The van der Waals surface area contributed by atoms with E-state index in [2.05, 4.69) is 4.74 Å². The average molecular weight is 174 g/mol. The zero-order valence-corrected chi connectivity index (χ0v) is 6.39. The fraction of sp³-hybridized carbons (Fsp3) is 1.00. The molecule has 0 atom stereocenters. The van der Waals surface area contributed by atoms with Gasteiger partial charge in [0.15, 0.2) is 0 Å². The van der Waals surface area contributed by atoms with E-state index in [-0.39, 0.29) is 6.61 Å². The number of thioether (sulfide) groups is 1. The number of hydrogen-bond acceptors (Lipinski definition) is 2. The van der Waals surface area contributed by atoms with Crippen LogP contribution in [0.2, 0.25) is 0 Å². The first-order valence-electron chi connectivity index (χ1n) is 2.76. The largest absolute Gasteiger partial charge is 0.522 e. The van der Waals surface area contributed by atoms with Crippen molar-refractivity contribution < 1.29 is 17.9 Å². The third kappa shape index (κ3) is 8.10. The van der Waals surface area contributed by atoms with Crippen LogP contribution < -0.4 is 0 Å². The molecule has 62 valence electrons. The lowest BCUT2D eigenvalue weighted by molar-refractivity contribution is -0.324. The molecule has 0 rings (SSSR count). The first-order chi connectivity index (χ1) is 4.56. The summed E-state index contributed by atoms with van der Waals surface area (Å²) in [5.41, 5.74) is 0. The molecule has 0 N–H and O–H groups in total. The Morgan fingerprint density at radius 3 is 2.40 bits per heavy atom. The van der Waals surface area contributed by atoms with E-state index in [1.54, 1.807) is 0 Å². The lowest BCUT2D eigenvalue weighted by Crippen LogP contribution is -2.14. The highest BCUT2D eigenvalue weighted by Gasteiger charge is 2.28. The molecule has 5 heteroatoms. The number of alkyl halides is 3. The summed E-state index contributed by atoms with van der Waals surface area (Å²) in [5.74, 6) is 0.704. The van der Waals surface area contributed by atoms with Gasteiger partial charge in [-0.15, -0.1) is 13.2 Å². The minimum Gasteiger partial charge on any atom is -0.292 e. The minimum absolute atomic E-state index is 0.232. The summed E-state index contributed by atoms with van der Waals surface area (Å²) < 4.78 is 37.3. The van der Waals surface area contributed by atoms with Crippen molar-refractivity contribution in [2.24, 2.45) is 0 Å². The SMILES string of the molecule is CSCCCOC(F)(F)F. The van der Waals surface area contributed by atoms with Gasteiger partial charge in [0.05, 0.1) is 6.61 Å². The van der Waals surface area contributed by atoms with Gasteiger partial charge in [-0.1, -0.05) is 0 Å². The molecule has 0 aliphatic rings. The molecule has 0 radical (unpaired) electrons. The van der Waals surface area contributed by atoms with E-state index < -0.39 is 6.36 Å². The lowest BCUT2D eigenvalue weighted by Gasteiger charge is -2.05. The average Bonchev–Trinajstić information content (AvgIpc) is 1.78. The highest BCUT2D eigenvalue weighted by Crippen LogP contribution is 2.16. The highest BCUT2D eigenvalue weighted by atomic mass is 32.2. The Morgan fingerprint density at radius 2 is 2.00 bits per heavy atom. The first-order valence-corrected chi connectivity index (χ1v) is 4.15. The summed E-state index contributed by atoms with van der Waals surface area (Å²) in [6, 6.07) is 0. The molecule has 10 heavy (non-hydrogen) atoms. The quantitative estimate of drug-likeness (QED) is 0.604. The lowest BCUT2D eigenvalue weighted by atomic mass is 10.5. The smallest absolute Gasteiger partial charge is 0.292 e. The Bertz CT molecular complexity index is 83.5. The third-order valence-electron chi connectivity index (χ3n) is 0.759. The van der Waals surface area contributed by atoms with Crippen LogP contribution in [-0.2, 0) is 4.74 Å². The van der Waals surface area contributed by atoms with Gasteiger partial charge in [0.2, 0.25) is 0 Å². The molecule has 0 aromatic heterocycles. The van der Waals surface area contributed by atoms with Crippen molar-refractivity contribution in [3.63, 3.8) is 0 Å². The van der Waals surface area contributed by atoms with E-state index in [0.29, 0.717) is 12.2 Å². The number of halogens is 3. The molecule has 0 heterocycles. The molecule has 0 spiro atoms. The van der Waals surface area contributed by atoms with Crippen molar-refractivity contribution in [2.45, 2.75) is 12.8 Å². The Kier molecular flexibility index (Phi) is 4.89. The fourth-order valence-corrected chi connectivity index (χ4v) is 0.798.